The van der Waals surface area contributed by atoms with Gasteiger partial charge in [-0.15, -0.1) is 0 Å². The summed E-state index contributed by atoms with van der Waals surface area (Å²) in [7, 11) is 1.35. The molecule has 1 saturated heterocycles. The maximum absolute atomic E-state index is 13.4. The van der Waals surface area contributed by atoms with Crippen molar-refractivity contribution in [3.05, 3.63) is 58.7 Å². The quantitative estimate of drug-likeness (QED) is 0.464. The van der Waals surface area contributed by atoms with Gasteiger partial charge in [0.15, 0.2) is 16.7 Å². The minimum atomic E-state index is -5.00. The molecule has 0 radical (unpaired) electrons. The van der Waals surface area contributed by atoms with E-state index in [9.17, 15) is 31.1 Å². The molecule has 0 aromatic heterocycles. The molecule has 4 rings (SSSR count). The zero-order valence-corrected chi connectivity index (χ0v) is 20.3. The lowest BCUT2D eigenvalue weighted by atomic mass is 10.0. The molecule has 2 aliphatic heterocycles. The van der Waals surface area contributed by atoms with Gasteiger partial charge < -0.3 is 19.1 Å². The number of hydrogen-bond acceptors (Lipinski definition) is 6. The standard InChI is InChI=1S/C24H22F6N2O4S/c1-34-19-10-14(11-20-21(33)31-22(37-20)32-6-8-35-9-7-32)2-5-18(19)36-13-15-3-4-16(23(25,26)27)12-17(15)24(28,29)30/h2-5,10,12,20H,6-9,11,13H2,1H3. The Hall–Kier alpha value is -2.93. The zero-order valence-electron chi connectivity index (χ0n) is 19.5. The van der Waals surface area contributed by atoms with Crippen LogP contribution < -0.4 is 9.47 Å². The Balaban J connectivity index is 1.45. The fraction of sp³-hybridized carbons (Fsp3) is 0.417. The second-order valence-corrected chi connectivity index (χ2v) is 9.45. The average molecular weight is 549 g/mol. The SMILES string of the molecule is COc1cc(CC2SC(N3CCOCC3)=NC2=O)ccc1OCc1ccc(C(F)(F)F)cc1C(F)(F)F. The Morgan fingerprint density at radius 3 is 2.41 bits per heavy atom. The van der Waals surface area contributed by atoms with Gasteiger partial charge in [-0.25, -0.2) is 0 Å². The third-order valence-corrected chi connectivity index (χ3v) is 7.00. The van der Waals surface area contributed by atoms with Crippen molar-refractivity contribution in [2.45, 2.75) is 30.6 Å². The molecule has 0 spiro atoms. The minimum absolute atomic E-state index is 0.0720. The predicted molar refractivity (Wildman–Crippen MR) is 124 cm³/mol. The van der Waals surface area contributed by atoms with Gasteiger partial charge in [0.1, 0.15) is 6.61 Å². The summed E-state index contributed by atoms with van der Waals surface area (Å²) >= 11 is 1.36. The van der Waals surface area contributed by atoms with Crippen molar-refractivity contribution >= 4 is 22.8 Å². The normalized spacial score (nSPS) is 18.7. The van der Waals surface area contributed by atoms with E-state index >= 15 is 0 Å². The van der Waals surface area contributed by atoms with Crippen LogP contribution in [0.25, 0.3) is 0 Å². The van der Waals surface area contributed by atoms with Crippen LogP contribution in [0.3, 0.4) is 0 Å². The van der Waals surface area contributed by atoms with Crippen molar-refractivity contribution in [2.75, 3.05) is 33.4 Å². The van der Waals surface area contributed by atoms with Crippen LogP contribution in [0.15, 0.2) is 41.4 Å². The van der Waals surface area contributed by atoms with Gasteiger partial charge in [0.05, 0.1) is 36.7 Å². The summed E-state index contributed by atoms with van der Waals surface area (Å²) in [6.07, 6.45) is -9.57. The van der Waals surface area contributed by atoms with Gasteiger partial charge in [0, 0.05) is 18.7 Å². The van der Waals surface area contributed by atoms with Crippen molar-refractivity contribution < 1.29 is 45.3 Å². The molecule has 6 nitrogen and oxygen atoms in total. The van der Waals surface area contributed by atoms with Crippen molar-refractivity contribution in [3.63, 3.8) is 0 Å². The maximum Gasteiger partial charge on any atom is 0.416 e. The van der Waals surface area contributed by atoms with E-state index in [0.717, 1.165) is 11.6 Å². The van der Waals surface area contributed by atoms with Crippen LogP contribution >= 0.6 is 11.8 Å². The fourth-order valence-electron chi connectivity index (χ4n) is 3.87. The van der Waals surface area contributed by atoms with Crippen LogP contribution in [0, 0.1) is 0 Å². The van der Waals surface area contributed by atoms with Gasteiger partial charge in [0.25, 0.3) is 5.91 Å². The molecule has 1 atom stereocenters. The number of amides is 1. The first-order valence-electron chi connectivity index (χ1n) is 11.1. The Morgan fingerprint density at radius 1 is 1.03 bits per heavy atom. The van der Waals surface area contributed by atoms with E-state index in [1.807, 2.05) is 4.90 Å². The van der Waals surface area contributed by atoms with E-state index in [-0.39, 0.29) is 23.5 Å². The van der Waals surface area contributed by atoms with E-state index in [2.05, 4.69) is 4.99 Å². The summed E-state index contributed by atoms with van der Waals surface area (Å²) in [5.41, 5.74) is -2.55. The van der Waals surface area contributed by atoms with Crippen molar-refractivity contribution in [1.29, 1.82) is 0 Å². The van der Waals surface area contributed by atoms with Crippen LogP contribution in [-0.2, 0) is 34.9 Å². The average Bonchev–Trinajstić information content (AvgIpc) is 3.22. The number of rotatable bonds is 6. The van der Waals surface area contributed by atoms with Crippen LogP contribution in [0.2, 0.25) is 0 Å². The predicted octanol–water partition coefficient (Wildman–Crippen LogP) is 5.18. The Kier molecular flexibility index (Phi) is 7.93. The number of nitrogens with zero attached hydrogens (tertiary/aromatic N) is 2. The topological polar surface area (TPSA) is 60.4 Å². The first-order valence-corrected chi connectivity index (χ1v) is 12.0. The Morgan fingerprint density at radius 2 is 1.76 bits per heavy atom. The monoisotopic (exact) mass is 548 g/mol. The summed E-state index contributed by atoms with van der Waals surface area (Å²) in [5, 5.41) is 0.220. The number of methoxy groups -OCH3 is 1. The van der Waals surface area contributed by atoms with Crippen LogP contribution in [0.1, 0.15) is 22.3 Å². The second-order valence-electron chi connectivity index (χ2n) is 8.28. The Labute approximate surface area is 212 Å². The largest absolute Gasteiger partial charge is 0.493 e. The molecule has 2 aromatic carbocycles. The van der Waals surface area contributed by atoms with Gasteiger partial charge in [-0.2, -0.15) is 31.3 Å². The fourth-order valence-corrected chi connectivity index (χ4v) is 5.03. The molecule has 2 heterocycles. The highest BCUT2D eigenvalue weighted by Gasteiger charge is 2.38. The van der Waals surface area contributed by atoms with Crippen molar-refractivity contribution in [2.24, 2.45) is 4.99 Å². The highest BCUT2D eigenvalue weighted by Crippen LogP contribution is 2.38. The molecule has 0 bridgehead atoms. The van der Waals surface area contributed by atoms with E-state index in [1.165, 1.54) is 24.9 Å². The molecule has 0 N–H and O–H groups in total. The molecule has 2 aliphatic rings. The number of carbonyl (C=O) groups excluding carboxylic acids is 1. The van der Waals surface area contributed by atoms with Crippen LogP contribution in [0.4, 0.5) is 26.3 Å². The van der Waals surface area contributed by atoms with E-state index in [0.29, 0.717) is 44.0 Å². The number of ether oxygens (including phenoxy) is 3. The lowest BCUT2D eigenvalue weighted by molar-refractivity contribution is -0.143. The minimum Gasteiger partial charge on any atom is -0.493 e. The highest BCUT2D eigenvalue weighted by molar-refractivity contribution is 8.15. The number of thioether (sulfide) groups is 1. The van der Waals surface area contributed by atoms with Gasteiger partial charge in [-0.1, -0.05) is 23.9 Å². The third kappa shape index (κ3) is 6.50. The second kappa shape index (κ2) is 10.8. The number of aliphatic imine (C=N–C) groups is 1. The number of alkyl halides is 6. The van der Waals surface area contributed by atoms with Crippen LogP contribution in [0.5, 0.6) is 11.5 Å². The van der Waals surface area contributed by atoms with Crippen LogP contribution in [-0.4, -0.2) is 54.6 Å². The molecule has 0 saturated carbocycles. The number of benzene rings is 2. The number of hydrogen-bond donors (Lipinski definition) is 0. The molecule has 0 aliphatic carbocycles. The van der Waals surface area contributed by atoms with Gasteiger partial charge in [0.2, 0.25) is 0 Å². The van der Waals surface area contributed by atoms with E-state index < -0.39 is 40.9 Å². The maximum atomic E-state index is 13.4. The summed E-state index contributed by atoms with van der Waals surface area (Å²) in [4.78, 5) is 18.6. The zero-order chi connectivity index (χ0) is 26.8. The van der Waals surface area contributed by atoms with Gasteiger partial charge in [-0.05, 0) is 36.2 Å². The summed E-state index contributed by atoms with van der Waals surface area (Å²) in [6, 6.07) is 6.14. The first kappa shape index (κ1) is 27.1. The number of morpholine rings is 1. The molecule has 200 valence electrons. The molecule has 1 unspecified atom stereocenters. The summed E-state index contributed by atoms with van der Waals surface area (Å²) < 4.78 is 95.1. The molecular formula is C24H22F6N2O4S. The lowest BCUT2D eigenvalue weighted by Gasteiger charge is -2.27. The third-order valence-electron chi connectivity index (χ3n) is 5.79. The van der Waals surface area contributed by atoms with Gasteiger partial charge >= 0.3 is 12.4 Å². The molecule has 13 heteroatoms. The molecular weight excluding hydrogens is 526 g/mol. The number of amidine groups is 1. The summed E-state index contributed by atoms with van der Waals surface area (Å²) in [5.74, 6) is 0.0606. The van der Waals surface area contributed by atoms with E-state index in [1.54, 1.807) is 12.1 Å². The number of halogens is 6. The van der Waals surface area contributed by atoms with Crippen molar-refractivity contribution in [1.82, 2.24) is 4.90 Å². The Bertz CT molecular complexity index is 1180. The summed E-state index contributed by atoms with van der Waals surface area (Å²) in [6.45, 7) is 1.81. The molecule has 1 amide bonds. The number of carbonyl (C=O) groups is 1. The molecule has 37 heavy (non-hydrogen) atoms. The molecule has 2 aromatic rings. The smallest absolute Gasteiger partial charge is 0.416 e. The first-order chi connectivity index (χ1) is 17.5. The van der Waals surface area contributed by atoms with Gasteiger partial charge in [-0.3, -0.25) is 4.79 Å². The molecule has 1 fully saturated rings. The van der Waals surface area contributed by atoms with Crippen molar-refractivity contribution in [3.8, 4) is 11.5 Å². The van der Waals surface area contributed by atoms with E-state index in [4.69, 9.17) is 14.2 Å². The highest BCUT2D eigenvalue weighted by atomic mass is 32.2. The lowest BCUT2D eigenvalue weighted by Crippen LogP contribution is -2.39.